The van der Waals surface area contributed by atoms with E-state index >= 15 is 0 Å². The highest BCUT2D eigenvalue weighted by atomic mass is 79.9. The van der Waals surface area contributed by atoms with Crippen LogP contribution in [0.25, 0.3) is 0 Å². The zero-order valence-corrected chi connectivity index (χ0v) is 17.4. The Morgan fingerprint density at radius 2 is 1.59 bits per heavy atom. The number of carbonyl (C=O) groups is 1. The number of nitrogens with one attached hydrogen (secondary N) is 2. The molecule has 1 saturated carbocycles. The Balaban J connectivity index is 1.57. The van der Waals surface area contributed by atoms with E-state index in [9.17, 15) is 13.2 Å². The molecular formula is C20H23BrN2O3S. The Kier molecular flexibility index (Phi) is 6.68. The van der Waals surface area contributed by atoms with E-state index in [1.165, 1.54) is 19.3 Å². The van der Waals surface area contributed by atoms with Crippen molar-refractivity contribution in [3.63, 3.8) is 0 Å². The Bertz CT molecular complexity index is 874. The molecule has 2 N–H and O–H groups in total. The van der Waals surface area contributed by atoms with Gasteiger partial charge >= 0.3 is 0 Å². The summed E-state index contributed by atoms with van der Waals surface area (Å²) < 4.78 is 28.1. The number of amides is 1. The van der Waals surface area contributed by atoms with E-state index in [1.54, 1.807) is 48.5 Å². The van der Waals surface area contributed by atoms with E-state index in [0.717, 1.165) is 22.9 Å². The summed E-state index contributed by atoms with van der Waals surface area (Å²) >= 11 is 3.29. The molecule has 0 radical (unpaired) electrons. The molecule has 1 fully saturated rings. The second kappa shape index (κ2) is 8.99. The van der Waals surface area contributed by atoms with Gasteiger partial charge in [-0.15, -0.1) is 0 Å². The lowest BCUT2D eigenvalue weighted by Crippen LogP contribution is -2.36. The maximum atomic E-state index is 12.3. The molecule has 0 aromatic heterocycles. The van der Waals surface area contributed by atoms with Crippen LogP contribution in [0.2, 0.25) is 0 Å². The van der Waals surface area contributed by atoms with Crippen molar-refractivity contribution in [3.05, 3.63) is 64.1 Å². The number of hydrogen-bond donors (Lipinski definition) is 2. The topological polar surface area (TPSA) is 75.3 Å². The van der Waals surface area contributed by atoms with Crippen molar-refractivity contribution in [1.29, 1.82) is 0 Å². The third-order valence-corrected chi connectivity index (χ3v) is 6.69. The number of carbonyl (C=O) groups excluding carboxylic acids is 1. The lowest BCUT2D eigenvalue weighted by molar-refractivity contribution is 0.0927. The van der Waals surface area contributed by atoms with E-state index in [4.69, 9.17) is 0 Å². The SMILES string of the molecule is O=C(NC1CCCCC1)c1ccc(CNS(=O)(=O)c2ccc(Br)cc2)cc1. The largest absolute Gasteiger partial charge is 0.349 e. The van der Waals surface area contributed by atoms with Gasteiger partial charge in [0.15, 0.2) is 0 Å². The third kappa shape index (κ3) is 5.64. The molecule has 0 aliphatic heterocycles. The number of hydrogen-bond acceptors (Lipinski definition) is 3. The minimum atomic E-state index is -3.57. The molecule has 7 heteroatoms. The van der Waals surface area contributed by atoms with Crippen LogP contribution in [0.4, 0.5) is 0 Å². The average molecular weight is 451 g/mol. The summed E-state index contributed by atoms with van der Waals surface area (Å²) in [4.78, 5) is 12.5. The van der Waals surface area contributed by atoms with Crippen molar-refractivity contribution in [2.45, 2.75) is 49.6 Å². The number of rotatable bonds is 6. The molecule has 0 saturated heterocycles. The van der Waals surface area contributed by atoms with E-state index in [-0.39, 0.29) is 23.4 Å². The maximum absolute atomic E-state index is 12.3. The summed E-state index contributed by atoms with van der Waals surface area (Å²) in [6.07, 6.45) is 5.67. The van der Waals surface area contributed by atoms with Gasteiger partial charge in [-0.2, -0.15) is 0 Å². The predicted molar refractivity (Wildman–Crippen MR) is 109 cm³/mol. The van der Waals surface area contributed by atoms with Gasteiger partial charge in [0.25, 0.3) is 5.91 Å². The quantitative estimate of drug-likeness (QED) is 0.698. The van der Waals surface area contributed by atoms with Crippen molar-refractivity contribution in [3.8, 4) is 0 Å². The van der Waals surface area contributed by atoms with Gasteiger partial charge in [-0.1, -0.05) is 47.3 Å². The van der Waals surface area contributed by atoms with Gasteiger partial charge in [-0.05, 0) is 54.8 Å². The monoisotopic (exact) mass is 450 g/mol. The Hall–Kier alpha value is -1.70. The molecule has 0 bridgehead atoms. The Morgan fingerprint density at radius 1 is 0.963 bits per heavy atom. The molecule has 1 amide bonds. The molecule has 1 aliphatic carbocycles. The van der Waals surface area contributed by atoms with Crippen molar-refractivity contribution >= 4 is 31.9 Å². The zero-order chi connectivity index (χ0) is 19.3. The Labute approximate surface area is 168 Å². The zero-order valence-electron chi connectivity index (χ0n) is 14.9. The summed E-state index contributed by atoms with van der Waals surface area (Å²) in [7, 11) is -3.57. The van der Waals surface area contributed by atoms with Crippen molar-refractivity contribution < 1.29 is 13.2 Å². The summed E-state index contributed by atoms with van der Waals surface area (Å²) in [6, 6.07) is 13.8. The molecule has 0 heterocycles. The van der Waals surface area contributed by atoms with Crippen molar-refractivity contribution in [1.82, 2.24) is 10.0 Å². The molecule has 1 aliphatic rings. The van der Waals surface area contributed by atoms with Crippen LogP contribution in [-0.4, -0.2) is 20.4 Å². The van der Waals surface area contributed by atoms with E-state index in [0.29, 0.717) is 5.56 Å². The summed E-state index contributed by atoms with van der Waals surface area (Å²) in [5.41, 5.74) is 1.39. The van der Waals surface area contributed by atoms with Gasteiger partial charge in [0.1, 0.15) is 0 Å². The van der Waals surface area contributed by atoms with E-state index in [2.05, 4.69) is 26.0 Å². The summed E-state index contributed by atoms with van der Waals surface area (Å²) in [5, 5.41) is 3.08. The summed E-state index contributed by atoms with van der Waals surface area (Å²) in [5.74, 6) is -0.0658. The second-order valence-corrected chi connectivity index (χ2v) is 9.47. The first-order valence-electron chi connectivity index (χ1n) is 9.09. The maximum Gasteiger partial charge on any atom is 0.251 e. The first kappa shape index (κ1) is 20.0. The minimum Gasteiger partial charge on any atom is -0.349 e. The predicted octanol–water partition coefficient (Wildman–Crippen LogP) is 3.99. The first-order valence-corrected chi connectivity index (χ1v) is 11.4. The molecule has 27 heavy (non-hydrogen) atoms. The molecular weight excluding hydrogens is 428 g/mol. The van der Waals surface area contributed by atoms with Gasteiger partial charge in [-0.3, -0.25) is 4.79 Å². The fraction of sp³-hybridized carbons (Fsp3) is 0.350. The summed E-state index contributed by atoms with van der Waals surface area (Å²) in [6.45, 7) is 0.170. The molecule has 0 atom stereocenters. The highest BCUT2D eigenvalue weighted by Crippen LogP contribution is 2.18. The number of benzene rings is 2. The van der Waals surface area contributed by atoms with Crippen LogP contribution in [0.3, 0.4) is 0 Å². The van der Waals surface area contributed by atoms with Crippen molar-refractivity contribution in [2.75, 3.05) is 0 Å². The normalized spacial score (nSPS) is 15.4. The number of sulfonamides is 1. The van der Waals surface area contributed by atoms with Gasteiger partial charge in [-0.25, -0.2) is 13.1 Å². The van der Waals surface area contributed by atoms with Crippen LogP contribution >= 0.6 is 15.9 Å². The van der Waals surface area contributed by atoms with Gasteiger partial charge in [0.2, 0.25) is 10.0 Å². The highest BCUT2D eigenvalue weighted by Gasteiger charge is 2.17. The molecule has 2 aromatic rings. The van der Waals surface area contributed by atoms with Gasteiger partial charge < -0.3 is 5.32 Å². The molecule has 5 nitrogen and oxygen atoms in total. The Morgan fingerprint density at radius 3 is 2.22 bits per heavy atom. The van der Waals surface area contributed by atoms with E-state index < -0.39 is 10.0 Å². The lowest BCUT2D eigenvalue weighted by Gasteiger charge is -2.22. The standard InChI is InChI=1S/C20H23BrN2O3S/c21-17-10-12-19(13-11-17)27(25,26)22-14-15-6-8-16(9-7-15)20(24)23-18-4-2-1-3-5-18/h6-13,18,22H,1-5,14H2,(H,23,24). The molecule has 2 aromatic carbocycles. The minimum absolute atomic E-state index is 0.0658. The fourth-order valence-corrected chi connectivity index (χ4v) is 4.45. The molecule has 0 spiro atoms. The molecule has 3 rings (SSSR count). The number of halogens is 1. The van der Waals surface area contributed by atoms with Crippen LogP contribution in [0.1, 0.15) is 48.0 Å². The fourth-order valence-electron chi connectivity index (χ4n) is 3.17. The van der Waals surface area contributed by atoms with Crippen LogP contribution in [0, 0.1) is 0 Å². The van der Waals surface area contributed by atoms with Gasteiger partial charge in [0.05, 0.1) is 4.90 Å². The average Bonchev–Trinajstić information content (AvgIpc) is 2.68. The second-order valence-electron chi connectivity index (χ2n) is 6.78. The highest BCUT2D eigenvalue weighted by molar-refractivity contribution is 9.10. The smallest absolute Gasteiger partial charge is 0.251 e. The third-order valence-electron chi connectivity index (χ3n) is 4.75. The van der Waals surface area contributed by atoms with Crippen LogP contribution in [0.5, 0.6) is 0 Å². The van der Waals surface area contributed by atoms with Gasteiger partial charge in [0, 0.05) is 22.6 Å². The van der Waals surface area contributed by atoms with E-state index in [1.807, 2.05) is 0 Å². The lowest BCUT2D eigenvalue weighted by atomic mass is 9.95. The van der Waals surface area contributed by atoms with Crippen molar-refractivity contribution in [2.24, 2.45) is 0 Å². The molecule has 0 unspecified atom stereocenters. The van der Waals surface area contributed by atoms with Crippen LogP contribution in [0.15, 0.2) is 57.9 Å². The van der Waals surface area contributed by atoms with Crippen LogP contribution in [-0.2, 0) is 16.6 Å². The first-order chi connectivity index (χ1) is 12.9. The van der Waals surface area contributed by atoms with Crippen LogP contribution < -0.4 is 10.0 Å². The molecule has 144 valence electrons.